The Morgan fingerprint density at radius 3 is 2.58 bits per heavy atom. The van der Waals surface area contributed by atoms with E-state index in [1.165, 1.54) is 6.07 Å². The Labute approximate surface area is 114 Å². The number of hydrogen-bond donors (Lipinski definition) is 0. The minimum absolute atomic E-state index is 0.0661. The van der Waals surface area contributed by atoms with Crippen molar-refractivity contribution in [2.24, 2.45) is 5.92 Å². The highest BCUT2D eigenvalue weighted by molar-refractivity contribution is 6.33. The van der Waals surface area contributed by atoms with Crippen molar-refractivity contribution in [2.45, 2.75) is 19.5 Å². The van der Waals surface area contributed by atoms with Crippen LogP contribution in [0.25, 0.3) is 0 Å². The van der Waals surface area contributed by atoms with Crippen LogP contribution in [-0.4, -0.2) is 18.9 Å². The van der Waals surface area contributed by atoms with E-state index in [0.29, 0.717) is 25.2 Å². The van der Waals surface area contributed by atoms with Crippen molar-refractivity contribution >= 4 is 23.1 Å². The third-order valence-corrected chi connectivity index (χ3v) is 3.59. The van der Waals surface area contributed by atoms with E-state index >= 15 is 0 Å². The lowest BCUT2D eigenvalue weighted by Crippen LogP contribution is -2.39. The number of alkyl halides is 3. The van der Waals surface area contributed by atoms with Crippen LogP contribution in [0.5, 0.6) is 0 Å². The summed E-state index contributed by atoms with van der Waals surface area (Å²) in [5, 5.41) is 0.0661. The van der Waals surface area contributed by atoms with Crippen molar-refractivity contribution in [2.75, 3.05) is 18.0 Å². The van der Waals surface area contributed by atoms with Gasteiger partial charge in [0.1, 0.15) is 5.78 Å². The Morgan fingerprint density at radius 2 is 2.05 bits per heavy atom. The average Bonchev–Trinajstić information content (AvgIpc) is 2.31. The van der Waals surface area contributed by atoms with Crippen LogP contribution in [0.1, 0.15) is 18.9 Å². The van der Waals surface area contributed by atoms with Gasteiger partial charge in [0, 0.05) is 25.4 Å². The number of Topliss-reactive ketones (excluding diaryl/α,β-unsaturated/α-hetero) is 1. The predicted octanol–water partition coefficient (Wildman–Crippen LogP) is 3.77. The van der Waals surface area contributed by atoms with Gasteiger partial charge in [0.15, 0.2) is 0 Å². The van der Waals surface area contributed by atoms with E-state index in [1.54, 1.807) is 0 Å². The van der Waals surface area contributed by atoms with E-state index in [2.05, 4.69) is 0 Å². The van der Waals surface area contributed by atoms with Crippen LogP contribution < -0.4 is 4.90 Å². The predicted molar refractivity (Wildman–Crippen MR) is 67.5 cm³/mol. The van der Waals surface area contributed by atoms with E-state index in [-0.39, 0.29) is 16.7 Å². The summed E-state index contributed by atoms with van der Waals surface area (Å²) in [5.41, 5.74) is -0.212. The van der Waals surface area contributed by atoms with Crippen molar-refractivity contribution in [3.63, 3.8) is 0 Å². The van der Waals surface area contributed by atoms with E-state index in [9.17, 15) is 18.0 Å². The molecule has 0 N–H and O–H groups in total. The molecular weight excluding hydrogens is 279 g/mol. The number of nitrogens with zero attached hydrogens (tertiary/aromatic N) is 1. The first-order valence-electron chi connectivity index (χ1n) is 5.93. The second kappa shape index (κ2) is 5.04. The summed E-state index contributed by atoms with van der Waals surface area (Å²) in [6, 6.07) is 3.31. The molecule has 0 saturated carbocycles. The fraction of sp³-hybridized carbons (Fsp3) is 0.462. The lowest BCUT2D eigenvalue weighted by atomic mass is 9.98. The number of benzene rings is 1. The Bertz CT molecular complexity index is 501. The third kappa shape index (κ3) is 3.03. The molecule has 0 bridgehead atoms. The number of ketones is 1. The summed E-state index contributed by atoms with van der Waals surface area (Å²) in [6.45, 7) is 2.80. The number of carbonyl (C=O) groups is 1. The van der Waals surface area contributed by atoms with Gasteiger partial charge in [-0.05, 0) is 18.2 Å². The molecule has 0 aromatic heterocycles. The first-order valence-corrected chi connectivity index (χ1v) is 6.31. The molecule has 19 heavy (non-hydrogen) atoms. The number of anilines is 1. The Balaban J connectivity index is 2.24. The molecule has 1 heterocycles. The zero-order chi connectivity index (χ0) is 14.2. The van der Waals surface area contributed by atoms with Gasteiger partial charge in [0.05, 0.1) is 16.3 Å². The SMILES string of the molecule is CC1CN(c2ccc(C(F)(F)F)cc2Cl)CCC1=O. The van der Waals surface area contributed by atoms with Gasteiger partial charge in [-0.2, -0.15) is 13.2 Å². The van der Waals surface area contributed by atoms with E-state index < -0.39 is 11.7 Å². The number of hydrogen-bond acceptors (Lipinski definition) is 2. The normalized spacial score (nSPS) is 20.8. The van der Waals surface area contributed by atoms with E-state index in [1.807, 2.05) is 11.8 Å². The maximum absolute atomic E-state index is 12.5. The lowest BCUT2D eigenvalue weighted by molar-refractivity contribution is -0.137. The molecule has 0 amide bonds. The fourth-order valence-electron chi connectivity index (χ4n) is 2.17. The summed E-state index contributed by atoms with van der Waals surface area (Å²) in [4.78, 5) is 13.3. The van der Waals surface area contributed by atoms with Gasteiger partial charge in [-0.15, -0.1) is 0 Å². The van der Waals surface area contributed by atoms with Gasteiger partial charge >= 0.3 is 6.18 Å². The molecule has 2 nitrogen and oxygen atoms in total. The van der Waals surface area contributed by atoms with E-state index in [4.69, 9.17) is 11.6 Å². The van der Waals surface area contributed by atoms with Crippen LogP contribution in [-0.2, 0) is 11.0 Å². The molecule has 1 fully saturated rings. The van der Waals surface area contributed by atoms with Crippen LogP contribution in [0, 0.1) is 5.92 Å². The first-order chi connectivity index (χ1) is 8.79. The quantitative estimate of drug-likeness (QED) is 0.785. The molecule has 1 saturated heterocycles. The summed E-state index contributed by atoms with van der Waals surface area (Å²) in [7, 11) is 0. The second-order valence-electron chi connectivity index (χ2n) is 4.73. The topological polar surface area (TPSA) is 20.3 Å². The van der Waals surface area contributed by atoms with E-state index in [0.717, 1.165) is 12.1 Å². The molecule has 1 aromatic rings. The van der Waals surface area contributed by atoms with Crippen molar-refractivity contribution in [3.05, 3.63) is 28.8 Å². The van der Waals surface area contributed by atoms with Crippen LogP contribution in [0.3, 0.4) is 0 Å². The Morgan fingerprint density at radius 1 is 1.37 bits per heavy atom. The van der Waals surface area contributed by atoms with Gasteiger partial charge in [-0.25, -0.2) is 0 Å². The Hall–Kier alpha value is -1.23. The summed E-state index contributed by atoms with van der Waals surface area (Å²) >= 11 is 5.93. The van der Waals surface area contributed by atoms with Crippen molar-refractivity contribution in [1.29, 1.82) is 0 Å². The smallest absolute Gasteiger partial charge is 0.369 e. The minimum Gasteiger partial charge on any atom is -0.369 e. The summed E-state index contributed by atoms with van der Waals surface area (Å²) in [6.07, 6.45) is -3.99. The maximum atomic E-state index is 12.5. The second-order valence-corrected chi connectivity index (χ2v) is 5.13. The third-order valence-electron chi connectivity index (χ3n) is 3.29. The van der Waals surface area contributed by atoms with Crippen molar-refractivity contribution < 1.29 is 18.0 Å². The molecule has 1 unspecified atom stereocenters. The standard InChI is InChI=1S/C13H13ClF3NO/c1-8-7-18(5-4-12(8)19)11-3-2-9(6-10(11)14)13(15,16)17/h2-3,6,8H,4-5,7H2,1H3. The molecule has 0 spiro atoms. The van der Waals surface area contributed by atoms with Gasteiger partial charge < -0.3 is 4.90 Å². The zero-order valence-corrected chi connectivity index (χ0v) is 11.1. The molecule has 1 aromatic carbocycles. The molecule has 1 aliphatic rings. The molecule has 6 heteroatoms. The number of piperidine rings is 1. The highest BCUT2D eigenvalue weighted by Gasteiger charge is 2.32. The van der Waals surface area contributed by atoms with Gasteiger partial charge in [-0.3, -0.25) is 4.79 Å². The van der Waals surface area contributed by atoms with Gasteiger partial charge in [-0.1, -0.05) is 18.5 Å². The van der Waals surface area contributed by atoms with Crippen molar-refractivity contribution in [3.8, 4) is 0 Å². The zero-order valence-electron chi connectivity index (χ0n) is 10.3. The molecule has 1 aliphatic heterocycles. The number of halogens is 4. The molecule has 1 atom stereocenters. The van der Waals surface area contributed by atoms with Crippen LogP contribution >= 0.6 is 11.6 Å². The molecule has 2 rings (SSSR count). The lowest BCUT2D eigenvalue weighted by Gasteiger charge is -2.32. The summed E-state index contributed by atoms with van der Waals surface area (Å²) < 4.78 is 37.6. The highest BCUT2D eigenvalue weighted by Crippen LogP contribution is 2.36. The highest BCUT2D eigenvalue weighted by atomic mass is 35.5. The van der Waals surface area contributed by atoms with Gasteiger partial charge in [0.25, 0.3) is 0 Å². The first kappa shape index (κ1) is 14.2. The fourth-order valence-corrected chi connectivity index (χ4v) is 2.47. The number of rotatable bonds is 1. The minimum atomic E-state index is -4.40. The molecular formula is C13H13ClF3NO. The largest absolute Gasteiger partial charge is 0.416 e. The number of carbonyl (C=O) groups excluding carboxylic acids is 1. The van der Waals surface area contributed by atoms with Crippen LogP contribution in [0.4, 0.5) is 18.9 Å². The molecule has 104 valence electrons. The van der Waals surface area contributed by atoms with Crippen LogP contribution in [0.2, 0.25) is 5.02 Å². The molecule has 0 radical (unpaired) electrons. The Kier molecular flexibility index (Phi) is 3.76. The van der Waals surface area contributed by atoms with Gasteiger partial charge in [0.2, 0.25) is 0 Å². The molecule has 0 aliphatic carbocycles. The average molecular weight is 292 g/mol. The summed E-state index contributed by atoms with van der Waals surface area (Å²) in [5.74, 6) is 0.0615. The van der Waals surface area contributed by atoms with Crippen molar-refractivity contribution in [1.82, 2.24) is 0 Å². The maximum Gasteiger partial charge on any atom is 0.416 e. The van der Waals surface area contributed by atoms with Crippen LogP contribution in [0.15, 0.2) is 18.2 Å². The monoisotopic (exact) mass is 291 g/mol.